The predicted molar refractivity (Wildman–Crippen MR) is 64.2 cm³/mol. The van der Waals surface area contributed by atoms with Crippen LogP contribution in [-0.2, 0) is 11.3 Å². The topological polar surface area (TPSA) is 40.5 Å². The van der Waals surface area contributed by atoms with Crippen molar-refractivity contribution in [2.45, 2.75) is 32.9 Å². The Balaban J connectivity index is 2.92. The van der Waals surface area contributed by atoms with Gasteiger partial charge in [0.1, 0.15) is 11.4 Å². The number of carboxylic acid groups (broad SMARTS) is 1. The van der Waals surface area contributed by atoms with Gasteiger partial charge in [-0.25, -0.2) is 4.39 Å². The summed E-state index contributed by atoms with van der Waals surface area (Å²) in [6, 6.07) is 6.43. The van der Waals surface area contributed by atoms with Crippen LogP contribution in [0.25, 0.3) is 0 Å². The Morgan fingerprint density at radius 2 is 2.00 bits per heavy atom. The van der Waals surface area contributed by atoms with Crippen LogP contribution in [0.15, 0.2) is 24.3 Å². The van der Waals surface area contributed by atoms with Gasteiger partial charge in [-0.2, -0.15) is 0 Å². The first-order valence-electron chi connectivity index (χ1n) is 5.61. The minimum atomic E-state index is -1.00. The van der Waals surface area contributed by atoms with Crippen LogP contribution in [0, 0.1) is 5.82 Å². The highest BCUT2D eigenvalue weighted by molar-refractivity contribution is 5.77. The summed E-state index contributed by atoms with van der Waals surface area (Å²) in [4.78, 5) is 12.9. The molecule has 0 bridgehead atoms. The summed E-state index contributed by atoms with van der Waals surface area (Å²) in [7, 11) is 0. The van der Waals surface area contributed by atoms with Crippen molar-refractivity contribution in [2.24, 2.45) is 0 Å². The minimum Gasteiger partial charge on any atom is -0.480 e. The van der Waals surface area contributed by atoms with Crippen molar-refractivity contribution in [1.29, 1.82) is 0 Å². The number of hydrogen-bond donors (Lipinski definition) is 1. The Morgan fingerprint density at radius 3 is 2.47 bits per heavy atom. The van der Waals surface area contributed by atoms with Crippen LogP contribution in [-0.4, -0.2) is 28.1 Å². The molecular formula is C13H18FNO2. The summed E-state index contributed by atoms with van der Waals surface area (Å²) in [6.07, 6.45) is 0. The number of halogens is 1. The molecule has 17 heavy (non-hydrogen) atoms. The van der Waals surface area contributed by atoms with Gasteiger partial charge in [-0.3, -0.25) is 9.69 Å². The number of hydrogen-bond acceptors (Lipinski definition) is 2. The number of rotatable bonds is 5. The summed E-state index contributed by atoms with van der Waals surface area (Å²) in [5.41, 5.74) is -0.486. The van der Waals surface area contributed by atoms with E-state index in [-0.39, 0.29) is 5.82 Å². The van der Waals surface area contributed by atoms with Crippen molar-refractivity contribution < 1.29 is 14.3 Å². The van der Waals surface area contributed by atoms with Gasteiger partial charge >= 0.3 is 5.97 Å². The first-order chi connectivity index (χ1) is 7.89. The van der Waals surface area contributed by atoms with Gasteiger partial charge in [0.2, 0.25) is 0 Å². The van der Waals surface area contributed by atoms with E-state index in [0.29, 0.717) is 18.7 Å². The number of benzene rings is 1. The molecule has 1 aromatic rings. The molecule has 0 saturated carbocycles. The zero-order valence-electron chi connectivity index (χ0n) is 10.4. The lowest BCUT2D eigenvalue weighted by molar-refractivity contribution is -0.149. The smallest absolute Gasteiger partial charge is 0.323 e. The van der Waals surface area contributed by atoms with Crippen LogP contribution in [0.2, 0.25) is 0 Å². The minimum absolute atomic E-state index is 0.294. The lowest BCUT2D eigenvalue weighted by atomic mass is 10.0. The number of carbonyl (C=O) groups is 1. The zero-order valence-corrected chi connectivity index (χ0v) is 10.4. The molecule has 1 rings (SSSR count). The van der Waals surface area contributed by atoms with E-state index in [4.69, 9.17) is 5.11 Å². The van der Waals surface area contributed by atoms with Crippen molar-refractivity contribution in [2.75, 3.05) is 6.54 Å². The van der Waals surface area contributed by atoms with Crippen LogP contribution >= 0.6 is 0 Å². The summed E-state index contributed by atoms with van der Waals surface area (Å²) < 4.78 is 13.5. The maximum Gasteiger partial charge on any atom is 0.323 e. The van der Waals surface area contributed by atoms with Crippen molar-refractivity contribution in [3.8, 4) is 0 Å². The molecule has 1 aromatic carbocycles. The third kappa shape index (κ3) is 3.03. The molecule has 3 nitrogen and oxygen atoms in total. The normalized spacial score (nSPS) is 11.8. The molecule has 0 fully saturated rings. The molecule has 0 unspecified atom stereocenters. The molecular weight excluding hydrogens is 221 g/mol. The summed E-state index contributed by atoms with van der Waals surface area (Å²) in [6.45, 7) is 5.96. The van der Waals surface area contributed by atoms with Gasteiger partial charge in [0.15, 0.2) is 0 Å². The van der Waals surface area contributed by atoms with E-state index in [9.17, 15) is 9.18 Å². The van der Waals surface area contributed by atoms with Crippen molar-refractivity contribution >= 4 is 5.97 Å². The fraction of sp³-hybridized carbons (Fsp3) is 0.462. The van der Waals surface area contributed by atoms with E-state index in [1.807, 2.05) is 6.92 Å². The second-order valence-electron chi connectivity index (χ2n) is 4.47. The van der Waals surface area contributed by atoms with Gasteiger partial charge < -0.3 is 5.11 Å². The number of carboxylic acids is 1. The third-order valence-corrected chi connectivity index (χ3v) is 3.01. The van der Waals surface area contributed by atoms with E-state index in [1.165, 1.54) is 6.07 Å². The van der Waals surface area contributed by atoms with Gasteiger partial charge in [-0.05, 0) is 26.5 Å². The maximum atomic E-state index is 13.5. The standard InChI is InChI=1S/C13H18FNO2/c1-4-15(13(2,3)12(16)17)9-10-7-5-6-8-11(10)14/h5-8H,4,9H2,1-3H3,(H,16,17). The second kappa shape index (κ2) is 5.27. The van der Waals surface area contributed by atoms with Crippen LogP contribution in [0.3, 0.4) is 0 Å². The maximum absolute atomic E-state index is 13.5. The molecule has 4 heteroatoms. The lowest BCUT2D eigenvalue weighted by Gasteiger charge is -2.34. The van der Waals surface area contributed by atoms with E-state index in [1.54, 1.807) is 36.9 Å². The van der Waals surface area contributed by atoms with Gasteiger partial charge in [0.05, 0.1) is 0 Å². The molecule has 0 aliphatic heterocycles. The molecule has 0 radical (unpaired) electrons. The molecule has 94 valence electrons. The highest BCUT2D eigenvalue weighted by Gasteiger charge is 2.33. The van der Waals surface area contributed by atoms with E-state index in [0.717, 1.165) is 0 Å². The fourth-order valence-corrected chi connectivity index (χ4v) is 1.67. The van der Waals surface area contributed by atoms with Crippen LogP contribution in [0.1, 0.15) is 26.3 Å². The van der Waals surface area contributed by atoms with Gasteiger partial charge in [0, 0.05) is 12.1 Å². The number of likely N-dealkylation sites (N-methyl/N-ethyl adjacent to an activating group) is 1. The number of aliphatic carboxylic acids is 1. The van der Waals surface area contributed by atoms with Crippen LogP contribution in [0.4, 0.5) is 4.39 Å². The molecule has 0 aliphatic rings. The predicted octanol–water partition coefficient (Wildman–Crippen LogP) is 2.51. The summed E-state index contributed by atoms with van der Waals surface area (Å²) in [5.74, 6) is -1.21. The first-order valence-corrected chi connectivity index (χ1v) is 5.61. The van der Waals surface area contributed by atoms with Crippen LogP contribution in [0.5, 0.6) is 0 Å². The lowest BCUT2D eigenvalue weighted by Crippen LogP contribution is -2.49. The monoisotopic (exact) mass is 239 g/mol. The molecule has 1 N–H and O–H groups in total. The molecule has 0 atom stereocenters. The summed E-state index contributed by atoms with van der Waals surface area (Å²) >= 11 is 0. The Hall–Kier alpha value is -1.42. The van der Waals surface area contributed by atoms with E-state index in [2.05, 4.69) is 0 Å². The average Bonchev–Trinajstić information content (AvgIpc) is 2.27. The quantitative estimate of drug-likeness (QED) is 0.858. The van der Waals surface area contributed by atoms with Crippen molar-refractivity contribution in [1.82, 2.24) is 4.90 Å². The van der Waals surface area contributed by atoms with Gasteiger partial charge in [-0.15, -0.1) is 0 Å². The largest absolute Gasteiger partial charge is 0.480 e. The van der Waals surface area contributed by atoms with Crippen molar-refractivity contribution in [3.63, 3.8) is 0 Å². The molecule has 0 amide bonds. The molecule has 0 aliphatic carbocycles. The van der Waals surface area contributed by atoms with E-state index >= 15 is 0 Å². The first kappa shape index (κ1) is 13.6. The Kier molecular flexibility index (Phi) is 4.23. The second-order valence-corrected chi connectivity index (χ2v) is 4.47. The summed E-state index contributed by atoms with van der Waals surface area (Å²) in [5, 5.41) is 9.15. The Labute approximate surface area is 101 Å². The zero-order chi connectivity index (χ0) is 13.1. The Morgan fingerprint density at radius 1 is 1.41 bits per heavy atom. The average molecular weight is 239 g/mol. The van der Waals surface area contributed by atoms with Gasteiger partial charge in [-0.1, -0.05) is 25.1 Å². The van der Waals surface area contributed by atoms with Crippen molar-refractivity contribution in [3.05, 3.63) is 35.6 Å². The fourth-order valence-electron chi connectivity index (χ4n) is 1.67. The molecule has 0 saturated heterocycles. The van der Waals surface area contributed by atoms with Gasteiger partial charge in [0.25, 0.3) is 0 Å². The molecule has 0 aromatic heterocycles. The molecule has 0 heterocycles. The highest BCUT2D eigenvalue weighted by Crippen LogP contribution is 2.19. The Bertz CT molecular complexity index is 404. The molecule has 0 spiro atoms. The van der Waals surface area contributed by atoms with Crippen LogP contribution < -0.4 is 0 Å². The van der Waals surface area contributed by atoms with E-state index < -0.39 is 11.5 Å². The SMILES string of the molecule is CCN(Cc1ccccc1F)C(C)(C)C(=O)O. The number of nitrogens with zero attached hydrogens (tertiary/aromatic N) is 1. The highest BCUT2D eigenvalue weighted by atomic mass is 19.1. The third-order valence-electron chi connectivity index (χ3n) is 3.01.